The molecule has 9 nitrogen and oxygen atoms in total. The molecule has 0 saturated carbocycles. The summed E-state index contributed by atoms with van der Waals surface area (Å²) >= 11 is 0. The van der Waals surface area contributed by atoms with E-state index in [2.05, 4.69) is 26.0 Å². The number of carbonyl (C=O) groups is 1. The van der Waals surface area contributed by atoms with Gasteiger partial charge in [0.25, 0.3) is 0 Å². The van der Waals surface area contributed by atoms with Gasteiger partial charge in [-0.05, 0) is 38.5 Å². The van der Waals surface area contributed by atoms with E-state index >= 15 is 0 Å². The molecule has 0 bridgehead atoms. The van der Waals surface area contributed by atoms with Gasteiger partial charge in [-0.2, -0.15) is 0 Å². The number of hydrogen-bond donors (Lipinski definition) is 4. The van der Waals surface area contributed by atoms with Gasteiger partial charge in [0, 0.05) is 13.0 Å². The van der Waals surface area contributed by atoms with E-state index in [1.807, 2.05) is 0 Å². The summed E-state index contributed by atoms with van der Waals surface area (Å²) in [7, 11) is 0. The van der Waals surface area contributed by atoms with Crippen LogP contribution in [-0.4, -0.2) is 89.6 Å². The van der Waals surface area contributed by atoms with Gasteiger partial charge in [-0.25, -0.2) is 0 Å². The van der Waals surface area contributed by atoms with E-state index in [9.17, 15) is 25.2 Å². The van der Waals surface area contributed by atoms with E-state index in [0.29, 0.717) is 13.0 Å². The first-order valence-corrected chi connectivity index (χ1v) is 26.8. The Morgan fingerprint density at radius 2 is 0.887 bits per heavy atom. The van der Waals surface area contributed by atoms with Gasteiger partial charge < -0.3 is 39.4 Å². The Morgan fingerprint density at radius 3 is 1.31 bits per heavy atom. The third kappa shape index (κ3) is 35.2. The molecule has 0 aromatic heterocycles. The van der Waals surface area contributed by atoms with Crippen molar-refractivity contribution in [2.75, 3.05) is 26.4 Å². The molecule has 1 saturated heterocycles. The second-order valence-electron chi connectivity index (χ2n) is 18.7. The second kappa shape index (κ2) is 45.1. The van der Waals surface area contributed by atoms with Crippen molar-refractivity contribution in [1.29, 1.82) is 0 Å². The van der Waals surface area contributed by atoms with Crippen molar-refractivity contribution in [2.45, 2.75) is 295 Å². The molecular weight excluding hydrogens is 781 g/mol. The zero-order chi connectivity index (χ0) is 45.0. The van der Waals surface area contributed by atoms with Crippen LogP contribution in [0.2, 0.25) is 0 Å². The van der Waals surface area contributed by atoms with E-state index in [4.69, 9.17) is 18.9 Å². The van der Waals surface area contributed by atoms with Gasteiger partial charge in [0.05, 0.1) is 19.8 Å². The third-order valence-electron chi connectivity index (χ3n) is 12.7. The molecule has 62 heavy (non-hydrogen) atoms. The van der Waals surface area contributed by atoms with Crippen molar-refractivity contribution < 1.29 is 44.2 Å². The largest absolute Gasteiger partial charge is 0.457 e. The lowest BCUT2D eigenvalue weighted by atomic mass is 9.99. The Hall–Kier alpha value is -1.07. The van der Waals surface area contributed by atoms with Crippen LogP contribution in [0.5, 0.6) is 0 Å². The normalized spacial score (nSPS) is 19.7. The summed E-state index contributed by atoms with van der Waals surface area (Å²) in [6, 6.07) is 0. The molecule has 368 valence electrons. The molecule has 6 unspecified atom stereocenters. The smallest absolute Gasteiger partial charge is 0.306 e. The summed E-state index contributed by atoms with van der Waals surface area (Å²) in [5.41, 5.74) is 0. The Bertz CT molecular complexity index is 961. The quantitative estimate of drug-likeness (QED) is 0.0268. The fourth-order valence-electron chi connectivity index (χ4n) is 8.49. The lowest BCUT2D eigenvalue weighted by Gasteiger charge is -2.39. The Balaban J connectivity index is 2.17. The van der Waals surface area contributed by atoms with Crippen LogP contribution in [0.25, 0.3) is 0 Å². The van der Waals surface area contributed by atoms with Crippen LogP contribution in [0.3, 0.4) is 0 Å². The molecule has 1 aliphatic heterocycles. The summed E-state index contributed by atoms with van der Waals surface area (Å²) < 4.78 is 22.9. The first kappa shape index (κ1) is 58.9. The van der Waals surface area contributed by atoms with E-state index in [1.54, 1.807) is 0 Å². The Kier molecular flexibility index (Phi) is 42.9. The van der Waals surface area contributed by atoms with E-state index < -0.39 is 43.4 Å². The minimum Gasteiger partial charge on any atom is -0.457 e. The van der Waals surface area contributed by atoms with Crippen molar-refractivity contribution in [3.8, 4) is 0 Å². The molecule has 1 fully saturated rings. The van der Waals surface area contributed by atoms with Crippen LogP contribution in [0.4, 0.5) is 0 Å². The number of allylic oxidation sites excluding steroid dienone is 2. The summed E-state index contributed by atoms with van der Waals surface area (Å²) in [6.07, 6.45) is 45.3. The average molecular weight is 883 g/mol. The monoisotopic (exact) mass is 883 g/mol. The summed E-state index contributed by atoms with van der Waals surface area (Å²) in [4.78, 5) is 12.8. The molecule has 4 N–H and O–H groups in total. The highest BCUT2D eigenvalue weighted by atomic mass is 16.7. The third-order valence-corrected chi connectivity index (χ3v) is 12.7. The highest BCUT2D eigenvalue weighted by Crippen LogP contribution is 2.23. The Labute approximate surface area is 382 Å². The van der Waals surface area contributed by atoms with Gasteiger partial charge in [-0.15, -0.1) is 0 Å². The molecule has 0 aliphatic carbocycles. The molecule has 6 atom stereocenters. The fraction of sp³-hybridized carbons (Fsp3) is 0.943. The molecule has 0 spiro atoms. The second-order valence-corrected chi connectivity index (χ2v) is 18.7. The molecule has 0 aromatic carbocycles. The predicted octanol–water partition coefficient (Wildman–Crippen LogP) is 13.2. The maximum atomic E-state index is 12.8. The van der Waals surface area contributed by atoms with Crippen molar-refractivity contribution in [3.63, 3.8) is 0 Å². The standard InChI is InChI=1S/C53H102O9/c1-3-5-7-9-11-13-15-17-19-21-23-24-25-26-28-30-32-34-36-38-40-42-49(55)61-47(46-60-53-52(58)51(57)50(56)48(44-54)62-53)45-59-43-41-39-37-35-33-31-29-27-22-20-18-16-14-12-10-8-6-4-2/h18,20,47-48,50-54,56-58H,3-17,19,21-46H2,1-2H3/b20-18-. The molecule has 0 radical (unpaired) electrons. The van der Waals surface area contributed by atoms with Gasteiger partial charge in [0.15, 0.2) is 6.29 Å². The molecule has 9 heteroatoms. The molecule has 1 heterocycles. The number of carbonyl (C=O) groups excluding carboxylic acids is 1. The van der Waals surface area contributed by atoms with Crippen LogP contribution in [0.15, 0.2) is 12.2 Å². The Morgan fingerprint density at radius 1 is 0.500 bits per heavy atom. The number of aliphatic hydroxyl groups excluding tert-OH is 4. The van der Waals surface area contributed by atoms with Crippen LogP contribution >= 0.6 is 0 Å². The van der Waals surface area contributed by atoms with E-state index in [0.717, 1.165) is 32.1 Å². The molecule has 0 amide bonds. The average Bonchev–Trinajstić information content (AvgIpc) is 3.27. The number of unbranched alkanes of at least 4 members (excludes halogenated alkanes) is 34. The van der Waals surface area contributed by atoms with Gasteiger partial charge in [0.1, 0.15) is 30.5 Å². The summed E-state index contributed by atoms with van der Waals surface area (Å²) in [6.45, 7) is 4.61. The SMILES string of the molecule is CCCCCCCC/C=C\CCCCCCCCCCOCC(COC1OC(CO)C(O)C(O)C1O)OC(=O)CCCCCCCCCCCCCCCCCCCCCCC. The van der Waals surface area contributed by atoms with Gasteiger partial charge in [-0.1, -0.05) is 225 Å². The molecule has 1 aliphatic rings. The van der Waals surface area contributed by atoms with Crippen molar-refractivity contribution in [2.24, 2.45) is 0 Å². The number of rotatable bonds is 47. The first-order chi connectivity index (χ1) is 30.4. The maximum Gasteiger partial charge on any atom is 0.306 e. The van der Waals surface area contributed by atoms with Crippen LogP contribution in [0, 0.1) is 0 Å². The molecular formula is C53H102O9. The van der Waals surface area contributed by atoms with Crippen molar-refractivity contribution in [3.05, 3.63) is 12.2 Å². The highest BCUT2D eigenvalue weighted by molar-refractivity contribution is 5.69. The van der Waals surface area contributed by atoms with Gasteiger partial charge in [0.2, 0.25) is 0 Å². The molecule has 0 aromatic rings. The summed E-state index contributed by atoms with van der Waals surface area (Å²) in [5.74, 6) is -0.307. The summed E-state index contributed by atoms with van der Waals surface area (Å²) in [5, 5.41) is 40.3. The lowest BCUT2D eigenvalue weighted by Crippen LogP contribution is -2.59. The lowest BCUT2D eigenvalue weighted by molar-refractivity contribution is -0.305. The van der Waals surface area contributed by atoms with Crippen LogP contribution < -0.4 is 0 Å². The molecule has 1 rings (SSSR count). The number of hydrogen-bond acceptors (Lipinski definition) is 9. The number of esters is 1. The fourth-order valence-corrected chi connectivity index (χ4v) is 8.49. The maximum absolute atomic E-state index is 12.8. The highest BCUT2D eigenvalue weighted by Gasteiger charge is 2.44. The zero-order valence-corrected chi connectivity index (χ0v) is 40.6. The first-order valence-electron chi connectivity index (χ1n) is 26.8. The predicted molar refractivity (Wildman–Crippen MR) is 256 cm³/mol. The van der Waals surface area contributed by atoms with E-state index in [-0.39, 0.29) is 19.2 Å². The van der Waals surface area contributed by atoms with Crippen LogP contribution in [-0.2, 0) is 23.7 Å². The van der Waals surface area contributed by atoms with Crippen LogP contribution in [0.1, 0.15) is 258 Å². The van der Waals surface area contributed by atoms with E-state index in [1.165, 1.54) is 205 Å². The number of ether oxygens (including phenoxy) is 4. The van der Waals surface area contributed by atoms with Gasteiger partial charge >= 0.3 is 5.97 Å². The zero-order valence-electron chi connectivity index (χ0n) is 40.6. The van der Waals surface area contributed by atoms with Crippen molar-refractivity contribution >= 4 is 5.97 Å². The number of aliphatic hydroxyl groups is 4. The minimum absolute atomic E-state index is 0.108. The van der Waals surface area contributed by atoms with Crippen molar-refractivity contribution in [1.82, 2.24) is 0 Å². The topological polar surface area (TPSA) is 135 Å². The van der Waals surface area contributed by atoms with Gasteiger partial charge in [-0.3, -0.25) is 4.79 Å². The minimum atomic E-state index is -1.53.